The fourth-order valence-corrected chi connectivity index (χ4v) is 3.95. The number of nitrogens with zero attached hydrogens (tertiary/aromatic N) is 1. The molecular formula is C28H29FN2O6. The number of nitrogens with one attached hydrogen (secondary N) is 1. The molecule has 2 amide bonds. The van der Waals surface area contributed by atoms with Gasteiger partial charge in [-0.1, -0.05) is 12.1 Å². The number of amides is 2. The summed E-state index contributed by atoms with van der Waals surface area (Å²) in [4.78, 5) is 27.3. The summed E-state index contributed by atoms with van der Waals surface area (Å²) < 4.78 is 36.0. The third-order valence-electron chi connectivity index (χ3n) is 5.59. The number of carbonyl (C=O) groups is 2. The minimum atomic E-state index is -0.375. The molecule has 1 heterocycles. The lowest BCUT2D eigenvalue weighted by Crippen LogP contribution is -2.38. The summed E-state index contributed by atoms with van der Waals surface area (Å²) in [5.74, 6) is 0.822. The quantitative estimate of drug-likeness (QED) is 0.405. The Morgan fingerprint density at radius 3 is 2.22 bits per heavy atom. The largest absolute Gasteiger partial charge is 0.490 e. The first-order valence-electron chi connectivity index (χ1n) is 12.1. The predicted molar refractivity (Wildman–Crippen MR) is 137 cm³/mol. The van der Waals surface area contributed by atoms with Gasteiger partial charge in [-0.05, 0) is 62.7 Å². The third-order valence-corrected chi connectivity index (χ3v) is 5.59. The van der Waals surface area contributed by atoms with Crippen molar-refractivity contribution in [3.63, 3.8) is 0 Å². The van der Waals surface area contributed by atoms with Crippen molar-refractivity contribution in [2.45, 2.75) is 27.3 Å². The molecule has 0 unspecified atom stereocenters. The lowest BCUT2D eigenvalue weighted by atomic mass is 10.1. The first-order valence-corrected chi connectivity index (χ1v) is 12.1. The van der Waals surface area contributed by atoms with E-state index in [0.717, 1.165) is 5.56 Å². The first kappa shape index (κ1) is 25.8. The smallest absolute Gasteiger partial charge is 0.265 e. The monoisotopic (exact) mass is 508 g/mol. The van der Waals surface area contributed by atoms with Gasteiger partial charge in [0, 0.05) is 17.3 Å². The average molecular weight is 509 g/mol. The van der Waals surface area contributed by atoms with Crippen LogP contribution in [0.2, 0.25) is 0 Å². The molecule has 3 aromatic carbocycles. The number of fused-ring (bicyclic) bond motifs is 1. The van der Waals surface area contributed by atoms with Gasteiger partial charge in [-0.15, -0.1) is 0 Å². The normalized spacial score (nSPS) is 12.4. The number of rotatable bonds is 10. The van der Waals surface area contributed by atoms with Crippen LogP contribution in [-0.2, 0) is 11.3 Å². The Labute approximate surface area is 214 Å². The standard InChI is InChI=1S/C28H29FN2O6/c1-4-34-24-13-19(14-25(35-5-2)27(24)36-6-3)28(33)30-21-11-12-22-23(15-21)37-17-26(32)31(22)16-18-7-9-20(29)10-8-18/h7-15H,4-6,16-17H2,1-3H3,(H,30,33). The number of ether oxygens (including phenoxy) is 4. The summed E-state index contributed by atoms with van der Waals surface area (Å²) in [6, 6.07) is 14.3. The van der Waals surface area contributed by atoms with Crippen LogP contribution in [0.4, 0.5) is 15.8 Å². The molecule has 9 heteroatoms. The number of hydrogen-bond donors (Lipinski definition) is 1. The van der Waals surface area contributed by atoms with Crippen molar-refractivity contribution in [2.24, 2.45) is 0 Å². The van der Waals surface area contributed by atoms with E-state index in [1.165, 1.54) is 12.1 Å². The number of hydrogen-bond acceptors (Lipinski definition) is 6. The van der Waals surface area contributed by atoms with Gasteiger partial charge in [0.25, 0.3) is 11.8 Å². The van der Waals surface area contributed by atoms with Gasteiger partial charge in [0.2, 0.25) is 5.75 Å². The molecule has 1 aliphatic rings. The second kappa shape index (κ2) is 11.6. The topological polar surface area (TPSA) is 86.3 Å². The van der Waals surface area contributed by atoms with E-state index in [1.54, 1.807) is 47.4 Å². The van der Waals surface area contributed by atoms with Crippen LogP contribution in [0.25, 0.3) is 0 Å². The molecule has 0 radical (unpaired) electrons. The highest BCUT2D eigenvalue weighted by Gasteiger charge is 2.26. The highest BCUT2D eigenvalue weighted by Crippen LogP contribution is 2.40. The van der Waals surface area contributed by atoms with Gasteiger partial charge < -0.3 is 29.2 Å². The van der Waals surface area contributed by atoms with Gasteiger partial charge in [-0.3, -0.25) is 9.59 Å². The van der Waals surface area contributed by atoms with Crippen LogP contribution >= 0.6 is 0 Å². The van der Waals surface area contributed by atoms with E-state index in [2.05, 4.69) is 5.32 Å². The number of carbonyl (C=O) groups excluding carboxylic acids is 2. The molecule has 0 aromatic heterocycles. The molecule has 0 bridgehead atoms. The lowest BCUT2D eigenvalue weighted by Gasteiger charge is -2.30. The van der Waals surface area contributed by atoms with Crippen molar-refractivity contribution in [3.8, 4) is 23.0 Å². The van der Waals surface area contributed by atoms with Gasteiger partial charge in [0.1, 0.15) is 11.6 Å². The molecular weight excluding hydrogens is 479 g/mol. The Kier molecular flexibility index (Phi) is 8.12. The maximum Gasteiger partial charge on any atom is 0.265 e. The van der Waals surface area contributed by atoms with Crippen molar-refractivity contribution in [1.82, 2.24) is 0 Å². The molecule has 0 saturated heterocycles. The Morgan fingerprint density at radius 1 is 0.946 bits per heavy atom. The lowest BCUT2D eigenvalue weighted by molar-refractivity contribution is -0.121. The molecule has 0 saturated carbocycles. The van der Waals surface area contributed by atoms with E-state index < -0.39 is 0 Å². The zero-order valence-electron chi connectivity index (χ0n) is 21.0. The molecule has 1 aliphatic heterocycles. The van der Waals surface area contributed by atoms with Crippen LogP contribution in [0.3, 0.4) is 0 Å². The van der Waals surface area contributed by atoms with E-state index in [4.69, 9.17) is 18.9 Å². The first-order chi connectivity index (χ1) is 17.9. The second-order valence-corrected chi connectivity index (χ2v) is 8.13. The minimum Gasteiger partial charge on any atom is -0.490 e. The fourth-order valence-electron chi connectivity index (χ4n) is 3.95. The van der Waals surface area contributed by atoms with Gasteiger partial charge in [-0.25, -0.2) is 4.39 Å². The molecule has 0 fully saturated rings. The summed E-state index contributed by atoms with van der Waals surface area (Å²) >= 11 is 0. The molecule has 0 spiro atoms. The highest BCUT2D eigenvalue weighted by atomic mass is 19.1. The number of halogens is 1. The molecule has 3 aromatic rings. The molecule has 1 N–H and O–H groups in total. The zero-order chi connectivity index (χ0) is 26.4. The summed E-state index contributed by atoms with van der Waals surface area (Å²) in [6.45, 7) is 6.89. The van der Waals surface area contributed by atoms with Crippen LogP contribution in [0, 0.1) is 5.82 Å². The Bertz CT molecular complexity index is 1250. The summed E-state index contributed by atoms with van der Waals surface area (Å²) in [6.07, 6.45) is 0. The fraction of sp³-hybridized carbons (Fsp3) is 0.286. The summed E-state index contributed by atoms with van der Waals surface area (Å²) in [5.41, 5.74) is 2.18. The van der Waals surface area contributed by atoms with Crippen LogP contribution < -0.4 is 29.2 Å². The van der Waals surface area contributed by atoms with E-state index >= 15 is 0 Å². The van der Waals surface area contributed by atoms with Crippen molar-refractivity contribution < 1.29 is 32.9 Å². The van der Waals surface area contributed by atoms with E-state index in [1.807, 2.05) is 20.8 Å². The van der Waals surface area contributed by atoms with E-state index in [-0.39, 0.29) is 30.8 Å². The second-order valence-electron chi connectivity index (χ2n) is 8.13. The van der Waals surface area contributed by atoms with Crippen molar-refractivity contribution in [3.05, 3.63) is 71.5 Å². The molecule has 194 valence electrons. The molecule has 37 heavy (non-hydrogen) atoms. The van der Waals surface area contributed by atoms with Crippen molar-refractivity contribution in [1.29, 1.82) is 0 Å². The Morgan fingerprint density at radius 2 is 1.59 bits per heavy atom. The number of anilines is 2. The molecule has 8 nitrogen and oxygen atoms in total. The van der Waals surface area contributed by atoms with Crippen LogP contribution in [-0.4, -0.2) is 38.2 Å². The Balaban J connectivity index is 1.57. The SMILES string of the molecule is CCOc1cc(C(=O)Nc2ccc3c(c2)OCC(=O)N3Cc2ccc(F)cc2)cc(OCC)c1OCC. The minimum absolute atomic E-state index is 0.139. The van der Waals surface area contributed by atoms with Crippen LogP contribution in [0.15, 0.2) is 54.6 Å². The van der Waals surface area contributed by atoms with Gasteiger partial charge in [0.15, 0.2) is 18.1 Å². The van der Waals surface area contributed by atoms with E-state index in [9.17, 15) is 14.0 Å². The predicted octanol–water partition coefficient (Wildman–Crippen LogP) is 5.20. The van der Waals surface area contributed by atoms with Gasteiger partial charge in [-0.2, -0.15) is 0 Å². The van der Waals surface area contributed by atoms with Crippen molar-refractivity contribution >= 4 is 23.2 Å². The molecule has 4 rings (SSSR count). The van der Waals surface area contributed by atoms with Crippen molar-refractivity contribution in [2.75, 3.05) is 36.6 Å². The van der Waals surface area contributed by atoms with Crippen LogP contribution in [0.1, 0.15) is 36.7 Å². The summed E-state index contributed by atoms with van der Waals surface area (Å²) in [5, 5.41) is 2.86. The summed E-state index contributed by atoms with van der Waals surface area (Å²) in [7, 11) is 0. The van der Waals surface area contributed by atoms with Gasteiger partial charge in [0.05, 0.1) is 32.1 Å². The maximum atomic E-state index is 13.3. The zero-order valence-corrected chi connectivity index (χ0v) is 21.0. The highest BCUT2D eigenvalue weighted by molar-refractivity contribution is 6.06. The van der Waals surface area contributed by atoms with Gasteiger partial charge >= 0.3 is 0 Å². The molecule has 0 aliphatic carbocycles. The Hall–Kier alpha value is -4.27. The maximum absolute atomic E-state index is 13.3. The van der Waals surface area contributed by atoms with Crippen LogP contribution in [0.5, 0.6) is 23.0 Å². The third kappa shape index (κ3) is 5.94. The number of benzene rings is 3. The average Bonchev–Trinajstić information content (AvgIpc) is 2.89. The molecule has 0 atom stereocenters. The van der Waals surface area contributed by atoms with E-state index in [0.29, 0.717) is 59.8 Å².